The number of anilines is 3. The minimum atomic E-state index is -4.70. The molecular formula is C19H15F3N6O4. The Morgan fingerprint density at radius 1 is 1.06 bits per heavy atom. The number of nitro groups is 1. The zero-order valence-corrected chi connectivity index (χ0v) is 16.3. The van der Waals surface area contributed by atoms with Gasteiger partial charge in [-0.3, -0.25) is 25.8 Å². The van der Waals surface area contributed by atoms with Gasteiger partial charge in [-0.1, -0.05) is 12.1 Å². The molecule has 0 fully saturated rings. The Morgan fingerprint density at radius 2 is 1.72 bits per heavy atom. The van der Waals surface area contributed by atoms with E-state index in [-0.39, 0.29) is 5.56 Å². The largest absolute Gasteiger partial charge is 0.497 e. The van der Waals surface area contributed by atoms with Gasteiger partial charge in [-0.05, 0) is 36.4 Å². The summed E-state index contributed by atoms with van der Waals surface area (Å²) in [5.41, 5.74) is 2.53. The Morgan fingerprint density at radius 3 is 2.34 bits per heavy atom. The highest BCUT2D eigenvalue weighted by Crippen LogP contribution is 2.38. The van der Waals surface area contributed by atoms with Gasteiger partial charge in [-0.2, -0.15) is 13.2 Å². The lowest BCUT2D eigenvalue weighted by Crippen LogP contribution is -2.30. The number of methoxy groups -OCH3 is 1. The number of nitrogens with one attached hydrogen (secondary N) is 3. The van der Waals surface area contributed by atoms with Gasteiger partial charge in [0.2, 0.25) is 11.6 Å². The second kappa shape index (κ2) is 9.16. The third-order valence-corrected chi connectivity index (χ3v) is 4.14. The van der Waals surface area contributed by atoms with E-state index in [0.29, 0.717) is 5.75 Å². The molecule has 0 aliphatic rings. The normalized spacial score (nSPS) is 10.9. The zero-order chi connectivity index (χ0) is 23.3. The molecule has 0 saturated heterocycles. The van der Waals surface area contributed by atoms with Gasteiger partial charge in [0.1, 0.15) is 12.1 Å². The van der Waals surface area contributed by atoms with Crippen molar-refractivity contribution in [3.63, 3.8) is 0 Å². The van der Waals surface area contributed by atoms with E-state index in [0.717, 1.165) is 18.5 Å². The first kappa shape index (κ1) is 22.3. The summed E-state index contributed by atoms with van der Waals surface area (Å²) in [4.78, 5) is 30.4. The van der Waals surface area contributed by atoms with E-state index in [1.165, 1.54) is 31.4 Å². The minimum Gasteiger partial charge on any atom is -0.497 e. The SMILES string of the molecule is COc1ccc(C(=O)NNc2ncnc(Nc3ccccc3C(F)(F)F)c2[N+](=O)[O-])cc1. The summed E-state index contributed by atoms with van der Waals surface area (Å²) >= 11 is 0. The van der Waals surface area contributed by atoms with E-state index in [1.807, 2.05) is 0 Å². The van der Waals surface area contributed by atoms with Crippen LogP contribution in [0.3, 0.4) is 0 Å². The molecule has 3 aromatic rings. The van der Waals surface area contributed by atoms with Crippen molar-refractivity contribution in [2.45, 2.75) is 6.18 Å². The van der Waals surface area contributed by atoms with E-state index in [1.54, 1.807) is 12.1 Å². The van der Waals surface area contributed by atoms with Crippen molar-refractivity contribution < 1.29 is 27.6 Å². The van der Waals surface area contributed by atoms with Crippen LogP contribution in [-0.2, 0) is 6.18 Å². The Balaban J connectivity index is 1.85. The van der Waals surface area contributed by atoms with Crippen LogP contribution in [0, 0.1) is 10.1 Å². The van der Waals surface area contributed by atoms with Gasteiger partial charge in [0.25, 0.3) is 5.91 Å². The lowest BCUT2D eigenvalue weighted by atomic mass is 10.1. The summed E-state index contributed by atoms with van der Waals surface area (Å²) in [5.74, 6) is -1.05. The van der Waals surface area contributed by atoms with Crippen LogP contribution >= 0.6 is 0 Å². The second-order valence-electron chi connectivity index (χ2n) is 6.15. The van der Waals surface area contributed by atoms with E-state index in [9.17, 15) is 28.1 Å². The predicted molar refractivity (Wildman–Crippen MR) is 107 cm³/mol. The quantitative estimate of drug-likeness (QED) is 0.366. The molecule has 10 nitrogen and oxygen atoms in total. The number of carbonyl (C=O) groups is 1. The van der Waals surface area contributed by atoms with Gasteiger partial charge in [-0.25, -0.2) is 9.97 Å². The number of para-hydroxylation sites is 1. The molecule has 0 unspecified atom stereocenters. The van der Waals surface area contributed by atoms with Crippen molar-refractivity contribution in [2.24, 2.45) is 0 Å². The van der Waals surface area contributed by atoms with Gasteiger partial charge in [0.15, 0.2) is 0 Å². The highest BCUT2D eigenvalue weighted by molar-refractivity contribution is 5.95. The number of alkyl halides is 3. The first-order chi connectivity index (χ1) is 15.2. The molecule has 0 atom stereocenters. The molecule has 0 radical (unpaired) electrons. The van der Waals surface area contributed by atoms with Crippen LogP contribution in [0.5, 0.6) is 5.75 Å². The number of carbonyl (C=O) groups excluding carboxylic acids is 1. The maximum atomic E-state index is 13.2. The van der Waals surface area contributed by atoms with E-state index >= 15 is 0 Å². The van der Waals surface area contributed by atoms with Crippen molar-refractivity contribution in [1.29, 1.82) is 0 Å². The smallest absolute Gasteiger partial charge is 0.418 e. The summed E-state index contributed by atoms with van der Waals surface area (Å²) in [6.07, 6.45) is -3.80. The molecule has 3 rings (SSSR count). The molecule has 0 saturated carbocycles. The summed E-state index contributed by atoms with van der Waals surface area (Å²) in [5, 5.41) is 13.9. The summed E-state index contributed by atoms with van der Waals surface area (Å²) in [6.45, 7) is 0. The molecule has 3 N–H and O–H groups in total. The fraction of sp³-hybridized carbons (Fsp3) is 0.105. The minimum absolute atomic E-state index is 0.215. The number of halogens is 3. The van der Waals surface area contributed by atoms with Crippen molar-refractivity contribution >= 4 is 28.9 Å². The average molecular weight is 448 g/mol. The lowest BCUT2D eigenvalue weighted by molar-refractivity contribution is -0.383. The monoisotopic (exact) mass is 448 g/mol. The maximum Gasteiger partial charge on any atom is 0.418 e. The highest BCUT2D eigenvalue weighted by Gasteiger charge is 2.34. The number of hydrogen-bond donors (Lipinski definition) is 3. The van der Waals surface area contributed by atoms with Crippen molar-refractivity contribution in [3.8, 4) is 5.75 Å². The molecular weight excluding hydrogens is 433 g/mol. The summed E-state index contributed by atoms with van der Waals surface area (Å²) < 4.78 is 44.7. The number of rotatable bonds is 7. The number of benzene rings is 2. The Hall–Kier alpha value is -4.42. The average Bonchev–Trinajstić information content (AvgIpc) is 2.77. The predicted octanol–water partition coefficient (Wildman–Crippen LogP) is 3.91. The van der Waals surface area contributed by atoms with Crippen molar-refractivity contribution in [3.05, 3.63) is 76.1 Å². The molecule has 1 heterocycles. The van der Waals surface area contributed by atoms with Crippen LogP contribution in [0.2, 0.25) is 0 Å². The third kappa shape index (κ3) is 5.00. The molecule has 2 aromatic carbocycles. The number of ether oxygens (including phenoxy) is 1. The lowest BCUT2D eigenvalue weighted by Gasteiger charge is -2.15. The zero-order valence-electron chi connectivity index (χ0n) is 16.3. The Bertz CT molecular complexity index is 1140. The Labute approximate surface area is 178 Å². The van der Waals surface area contributed by atoms with Crippen LogP contribution in [0.15, 0.2) is 54.9 Å². The van der Waals surface area contributed by atoms with Crippen molar-refractivity contribution in [1.82, 2.24) is 15.4 Å². The van der Waals surface area contributed by atoms with Gasteiger partial charge in [0, 0.05) is 5.56 Å². The number of hydrazine groups is 1. The van der Waals surface area contributed by atoms with Crippen LogP contribution in [0.4, 0.5) is 36.2 Å². The van der Waals surface area contributed by atoms with E-state index in [4.69, 9.17) is 4.74 Å². The maximum absolute atomic E-state index is 13.2. The summed E-state index contributed by atoms with van der Waals surface area (Å²) in [7, 11) is 1.46. The first-order valence-corrected chi connectivity index (χ1v) is 8.83. The van der Waals surface area contributed by atoms with Gasteiger partial charge >= 0.3 is 11.9 Å². The molecule has 0 bridgehead atoms. The molecule has 1 aromatic heterocycles. The number of amides is 1. The van der Waals surface area contributed by atoms with Gasteiger partial charge in [0.05, 0.1) is 23.3 Å². The van der Waals surface area contributed by atoms with E-state index in [2.05, 4.69) is 26.1 Å². The fourth-order valence-electron chi connectivity index (χ4n) is 2.63. The third-order valence-electron chi connectivity index (χ3n) is 4.14. The first-order valence-electron chi connectivity index (χ1n) is 8.83. The molecule has 13 heteroatoms. The van der Waals surface area contributed by atoms with Crippen LogP contribution < -0.4 is 20.9 Å². The van der Waals surface area contributed by atoms with Gasteiger partial charge in [-0.15, -0.1) is 0 Å². The number of hydrogen-bond acceptors (Lipinski definition) is 8. The molecule has 166 valence electrons. The molecule has 0 aliphatic carbocycles. The van der Waals surface area contributed by atoms with Crippen molar-refractivity contribution in [2.75, 3.05) is 17.9 Å². The molecule has 32 heavy (non-hydrogen) atoms. The van der Waals surface area contributed by atoms with E-state index < -0.39 is 45.6 Å². The van der Waals surface area contributed by atoms with Crippen LogP contribution in [0.25, 0.3) is 0 Å². The van der Waals surface area contributed by atoms with Gasteiger partial charge < -0.3 is 10.1 Å². The Kier molecular flexibility index (Phi) is 6.37. The molecule has 0 aliphatic heterocycles. The molecule has 0 spiro atoms. The standard InChI is InChI=1S/C19H15F3N6O4/c1-32-12-8-6-11(7-9-12)18(29)27-26-17-15(28(30)31)16(23-10-24-17)25-14-5-3-2-4-13(14)19(20,21)22/h2-10H,1H3,(H,27,29)(H2,23,24,25,26). The second-order valence-corrected chi connectivity index (χ2v) is 6.15. The number of aromatic nitrogens is 2. The van der Waals surface area contributed by atoms with Crippen LogP contribution in [-0.4, -0.2) is 27.9 Å². The highest BCUT2D eigenvalue weighted by atomic mass is 19.4. The summed E-state index contributed by atoms with van der Waals surface area (Å²) in [6, 6.07) is 10.5. The number of nitrogens with zero attached hydrogens (tertiary/aromatic N) is 3. The topological polar surface area (TPSA) is 131 Å². The van der Waals surface area contributed by atoms with Crippen LogP contribution in [0.1, 0.15) is 15.9 Å². The molecule has 1 amide bonds. The fourth-order valence-corrected chi connectivity index (χ4v) is 2.63.